The topological polar surface area (TPSA) is 117 Å². The molecule has 0 atom stereocenters. The highest BCUT2D eigenvalue weighted by molar-refractivity contribution is 6.32. The van der Waals surface area contributed by atoms with E-state index >= 15 is 0 Å². The second kappa shape index (κ2) is 9.12. The van der Waals surface area contributed by atoms with Crippen LogP contribution in [0.1, 0.15) is 31.4 Å². The zero-order chi connectivity index (χ0) is 25.4. The predicted octanol–water partition coefficient (Wildman–Crippen LogP) is 2.67. The van der Waals surface area contributed by atoms with E-state index in [1.54, 1.807) is 0 Å². The summed E-state index contributed by atoms with van der Waals surface area (Å²) in [5.41, 5.74) is -6.89. The van der Waals surface area contributed by atoms with E-state index in [4.69, 9.17) is 26.2 Å². The van der Waals surface area contributed by atoms with Crippen LogP contribution in [0.25, 0.3) is 5.69 Å². The van der Waals surface area contributed by atoms with Crippen LogP contribution < -0.4 is 16.0 Å². The Morgan fingerprint density at radius 2 is 1.79 bits per heavy atom. The molecule has 0 amide bonds. The molecule has 9 nitrogen and oxygen atoms in total. The van der Waals surface area contributed by atoms with E-state index in [-0.39, 0.29) is 38.8 Å². The number of carbonyl (C=O) groups excluding carboxylic acids is 1. The lowest BCUT2D eigenvalue weighted by molar-refractivity contribution is -0.167. The number of aromatic nitrogens is 2. The van der Waals surface area contributed by atoms with E-state index in [0.29, 0.717) is 18.9 Å². The van der Waals surface area contributed by atoms with Crippen molar-refractivity contribution in [2.24, 2.45) is 7.05 Å². The van der Waals surface area contributed by atoms with Crippen LogP contribution in [0.15, 0.2) is 27.8 Å². The van der Waals surface area contributed by atoms with Crippen molar-refractivity contribution in [1.29, 1.82) is 0 Å². The number of rotatable bonds is 6. The number of hydrogen-bond donors (Lipinski definition) is 1. The Labute approximate surface area is 193 Å². The summed E-state index contributed by atoms with van der Waals surface area (Å²) in [6.07, 6.45) is -3.78. The first-order valence-corrected chi connectivity index (χ1v) is 10.1. The average Bonchev–Trinajstić information content (AvgIpc) is 3.21. The zero-order valence-electron chi connectivity index (χ0n) is 17.4. The van der Waals surface area contributed by atoms with E-state index in [1.165, 1.54) is 0 Å². The summed E-state index contributed by atoms with van der Waals surface area (Å²) >= 11 is 6.03. The molecule has 0 aliphatic heterocycles. The molecule has 0 unspecified atom stereocenters. The van der Waals surface area contributed by atoms with E-state index in [1.807, 2.05) is 0 Å². The Hall–Kier alpha value is -3.35. The molecule has 0 bridgehead atoms. The maximum atomic E-state index is 14.7. The van der Waals surface area contributed by atoms with Crippen LogP contribution in [0.5, 0.6) is 5.75 Å². The summed E-state index contributed by atoms with van der Waals surface area (Å²) < 4.78 is 64.8. The number of benzene rings is 1. The molecular weight excluding hydrogens is 492 g/mol. The summed E-state index contributed by atoms with van der Waals surface area (Å²) in [4.78, 5) is 48.2. The van der Waals surface area contributed by atoms with Crippen molar-refractivity contribution in [3.05, 3.63) is 55.6 Å². The lowest BCUT2D eigenvalue weighted by Crippen LogP contribution is -2.44. The Balaban J connectivity index is 2.10. The summed E-state index contributed by atoms with van der Waals surface area (Å²) in [5.74, 6) is -3.98. The van der Waals surface area contributed by atoms with E-state index in [0.717, 1.165) is 13.1 Å². The van der Waals surface area contributed by atoms with Crippen molar-refractivity contribution in [1.82, 2.24) is 9.13 Å². The Kier molecular flexibility index (Phi) is 6.78. The van der Waals surface area contributed by atoms with Crippen LogP contribution in [-0.4, -0.2) is 38.4 Å². The molecule has 0 spiro atoms. The monoisotopic (exact) mass is 508 g/mol. The number of carbonyl (C=O) groups is 2. The number of carboxylic acid groups (broad SMARTS) is 1. The van der Waals surface area contributed by atoms with Gasteiger partial charge in [-0.1, -0.05) is 11.6 Å². The molecule has 2 aromatic rings. The third-order valence-corrected chi connectivity index (χ3v) is 5.56. The minimum Gasteiger partial charge on any atom is -0.479 e. The Morgan fingerprint density at radius 3 is 2.35 bits per heavy atom. The fourth-order valence-corrected chi connectivity index (χ4v) is 3.84. The van der Waals surface area contributed by atoms with Crippen LogP contribution in [0.3, 0.4) is 0 Å². The molecular formula is C20H17ClF4N2O7. The first-order chi connectivity index (χ1) is 15.8. The molecule has 0 radical (unpaired) electrons. The second-order valence-electron chi connectivity index (χ2n) is 7.55. The van der Waals surface area contributed by atoms with Gasteiger partial charge in [0.2, 0.25) is 5.60 Å². The molecule has 1 aliphatic carbocycles. The standard InChI is InChI=1S/C20H17ClF4N2O7/c1-26-14(20(23,24)25)8-15(28)27(18(26)32)12-7-13(10(21)6-11(12)22)34-19(4-2-3-5-19)17(31)33-9-16(29)30/h6-8H,2-5,9H2,1H3,(H,29,30). The van der Waals surface area contributed by atoms with Crippen LogP contribution in [0, 0.1) is 5.82 Å². The predicted molar refractivity (Wildman–Crippen MR) is 108 cm³/mol. The number of carboxylic acids is 1. The average molecular weight is 509 g/mol. The Bertz CT molecular complexity index is 1260. The molecule has 1 aromatic heterocycles. The fraction of sp³-hybridized carbons (Fsp3) is 0.400. The first-order valence-electron chi connectivity index (χ1n) is 9.74. The molecule has 1 aromatic carbocycles. The molecule has 0 saturated heterocycles. The molecule has 1 N–H and O–H groups in total. The van der Waals surface area contributed by atoms with Gasteiger partial charge >= 0.3 is 23.8 Å². The second-order valence-corrected chi connectivity index (χ2v) is 7.96. The van der Waals surface area contributed by atoms with E-state index in [2.05, 4.69) is 0 Å². The molecule has 1 saturated carbocycles. The van der Waals surface area contributed by atoms with Crippen molar-refractivity contribution in [3.8, 4) is 11.4 Å². The minimum atomic E-state index is -5.01. The van der Waals surface area contributed by atoms with Gasteiger partial charge in [-0.05, 0) is 31.7 Å². The van der Waals surface area contributed by atoms with Crippen LogP contribution in [0.4, 0.5) is 17.6 Å². The van der Waals surface area contributed by atoms with Crippen LogP contribution in [0.2, 0.25) is 5.02 Å². The van der Waals surface area contributed by atoms with Crippen LogP contribution >= 0.6 is 11.6 Å². The van der Waals surface area contributed by atoms with Gasteiger partial charge in [0.15, 0.2) is 6.61 Å². The molecule has 184 valence electrons. The largest absolute Gasteiger partial charge is 0.479 e. The van der Waals surface area contributed by atoms with Gasteiger partial charge in [0.25, 0.3) is 5.56 Å². The highest BCUT2D eigenvalue weighted by Crippen LogP contribution is 2.39. The van der Waals surface area contributed by atoms with Gasteiger partial charge in [0, 0.05) is 19.2 Å². The number of ether oxygens (including phenoxy) is 2. The molecule has 1 fully saturated rings. The van der Waals surface area contributed by atoms with Gasteiger partial charge in [-0.15, -0.1) is 0 Å². The van der Waals surface area contributed by atoms with Crippen LogP contribution in [-0.2, 0) is 27.5 Å². The SMILES string of the molecule is Cn1c(C(F)(F)F)cc(=O)n(-c2cc(OC3(C(=O)OCC(=O)O)CCCC3)c(Cl)cc2F)c1=O. The smallest absolute Gasteiger partial charge is 0.431 e. The van der Waals surface area contributed by atoms with Gasteiger partial charge < -0.3 is 14.6 Å². The summed E-state index contributed by atoms with van der Waals surface area (Å²) in [5, 5.41) is 8.38. The number of hydrogen-bond acceptors (Lipinski definition) is 6. The lowest BCUT2D eigenvalue weighted by atomic mass is 10.0. The van der Waals surface area contributed by atoms with Crippen molar-refractivity contribution in [2.45, 2.75) is 37.5 Å². The number of aliphatic carboxylic acids is 1. The molecule has 3 rings (SSSR count). The molecule has 14 heteroatoms. The third-order valence-electron chi connectivity index (χ3n) is 5.27. The minimum absolute atomic E-state index is 0.108. The van der Waals surface area contributed by atoms with E-state index < -0.39 is 58.8 Å². The highest BCUT2D eigenvalue weighted by Gasteiger charge is 2.46. The maximum absolute atomic E-state index is 14.7. The fourth-order valence-electron chi connectivity index (χ4n) is 3.65. The summed E-state index contributed by atoms with van der Waals surface area (Å²) in [6, 6.07) is 1.61. The summed E-state index contributed by atoms with van der Waals surface area (Å²) in [7, 11) is 0.762. The van der Waals surface area contributed by atoms with E-state index in [9.17, 15) is 36.7 Å². The zero-order valence-corrected chi connectivity index (χ0v) is 18.2. The third kappa shape index (κ3) is 4.79. The van der Waals surface area contributed by atoms with Crippen molar-refractivity contribution < 1.29 is 41.7 Å². The van der Waals surface area contributed by atoms with Gasteiger partial charge in [-0.2, -0.15) is 13.2 Å². The van der Waals surface area contributed by atoms with Crippen molar-refractivity contribution in [3.63, 3.8) is 0 Å². The number of alkyl halides is 3. The van der Waals surface area contributed by atoms with Gasteiger partial charge in [-0.25, -0.2) is 23.3 Å². The number of halogens is 5. The normalized spacial score (nSPS) is 15.2. The summed E-state index contributed by atoms with van der Waals surface area (Å²) in [6.45, 7) is -0.927. The van der Waals surface area contributed by atoms with Gasteiger partial charge in [0.1, 0.15) is 17.3 Å². The maximum Gasteiger partial charge on any atom is 0.431 e. The number of nitrogens with zero attached hydrogens (tertiary/aromatic N) is 2. The Morgan fingerprint density at radius 1 is 1.18 bits per heavy atom. The molecule has 1 heterocycles. The molecule has 34 heavy (non-hydrogen) atoms. The molecule has 1 aliphatic rings. The van der Waals surface area contributed by atoms with Gasteiger partial charge in [0.05, 0.1) is 10.7 Å². The lowest BCUT2D eigenvalue weighted by Gasteiger charge is -2.28. The van der Waals surface area contributed by atoms with Crippen molar-refractivity contribution >= 4 is 23.5 Å². The first kappa shape index (κ1) is 25.3. The highest BCUT2D eigenvalue weighted by atomic mass is 35.5. The quantitative estimate of drug-likeness (QED) is 0.471. The van der Waals surface area contributed by atoms with Crippen molar-refractivity contribution in [2.75, 3.05) is 6.61 Å². The van der Waals surface area contributed by atoms with Gasteiger partial charge in [-0.3, -0.25) is 9.36 Å². The number of esters is 1.